The minimum atomic E-state index is -0.176. The van der Waals surface area contributed by atoms with Gasteiger partial charge in [0, 0.05) is 0 Å². The molecule has 0 bridgehead atoms. The lowest BCUT2D eigenvalue weighted by atomic mass is 9.95. The molecule has 3 rings (SSSR count). The van der Waals surface area contributed by atoms with Gasteiger partial charge in [-0.25, -0.2) is 4.68 Å². The summed E-state index contributed by atoms with van der Waals surface area (Å²) in [6.07, 6.45) is 9.36. The second-order valence-corrected chi connectivity index (χ2v) is 5.43. The van der Waals surface area contributed by atoms with Gasteiger partial charge in [0.15, 0.2) is 0 Å². The summed E-state index contributed by atoms with van der Waals surface area (Å²) >= 11 is 0. The number of hydrogen-bond donors (Lipinski definition) is 0. The van der Waals surface area contributed by atoms with E-state index in [0.29, 0.717) is 18.9 Å². The fraction of sp³-hybridized carbons (Fsp3) is 0.375. The highest BCUT2D eigenvalue weighted by Gasteiger charge is 2.13. The van der Waals surface area contributed by atoms with Crippen LogP contribution in [-0.2, 0) is 16.0 Å². The van der Waals surface area contributed by atoms with Crippen LogP contribution in [0.1, 0.15) is 24.8 Å². The largest absolute Gasteiger partial charge is 0.465 e. The van der Waals surface area contributed by atoms with Crippen molar-refractivity contribution in [2.24, 2.45) is 5.92 Å². The van der Waals surface area contributed by atoms with Crippen molar-refractivity contribution in [2.45, 2.75) is 25.7 Å². The van der Waals surface area contributed by atoms with Crippen molar-refractivity contribution >= 4 is 5.97 Å². The lowest BCUT2D eigenvalue weighted by molar-refractivity contribution is -0.144. The smallest absolute Gasteiger partial charge is 0.310 e. The number of benzene rings is 1. The molecule has 1 heterocycles. The maximum Gasteiger partial charge on any atom is 0.310 e. The molecule has 1 aliphatic carbocycles. The second-order valence-electron chi connectivity index (χ2n) is 5.43. The molecule has 22 heavy (non-hydrogen) atoms. The van der Waals surface area contributed by atoms with Crippen LogP contribution in [0.5, 0.6) is 0 Å². The zero-order chi connectivity index (χ0) is 15.2. The maximum atomic E-state index is 11.9. The molecule has 2 aromatic rings. The number of tetrazole rings is 1. The Kier molecular flexibility index (Phi) is 4.58. The van der Waals surface area contributed by atoms with Crippen LogP contribution in [-0.4, -0.2) is 32.8 Å². The molecule has 0 saturated carbocycles. The Bertz CT molecular complexity index is 635. The van der Waals surface area contributed by atoms with Gasteiger partial charge in [0.25, 0.3) is 0 Å². The fourth-order valence-electron chi connectivity index (χ4n) is 2.48. The summed E-state index contributed by atoms with van der Waals surface area (Å²) in [6, 6.07) is 7.54. The van der Waals surface area contributed by atoms with Crippen LogP contribution in [0.3, 0.4) is 0 Å². The molecule has 1 aromatic carbocycles. The average Bonchev–Trinajstić information content (AvgIpc) is 3.09. The number of nitrogens with zero attached hydrogens (tertiary/aromatic N) is 4. The molecule has 1 aliphatic rings. The summed E-state index contributed by atoms with van der Waals surface area (Å²) in [7, 11) is 0. The quantitative estimate of drug-likeness (QED) is 0.624. The van der Waals surface area contributed by atoms with E-state index in [9.17, 15) is 4.79 Å². The normalized spacial score (nSPS) is 17.4. The van der Waals surface area contributed by atoms with E-state index >= 15 is 0 Å². The van der Waals surface area contributed by atoms with Crippen LogP contribution in [0.15, 0.2) is 42.7 Å². The first-order valence-corrected chi connectivity index (χ1v) is 7.44. The molecule has 0 aliphatic heterocycles. The van der Waals surface area contributed by atoms with E-state index in [1.807, 2.05) is 24.3 Å². The first-order valence-electron chi connectivity index (χ1n) is 7.44. The predicted octanol–water partition coefficient (Wildman–Crippen LogP) is 2.10. The van der Waals surface area contributed by atoms with Gasteiger partial charge in [-0.3, -0.25) is 4.79 Å². The second kappa shape index (κ2) is 6.98. The summed E-state index contributed by atoms with van der Waals surface area (Å²) in [5.41, 5.74) is 1.78. The SMILES string of the molecule is O=C(Cc1ccc(-n2cnnn2)cc1)OCC1CC=CCC1. The van der Waals surface area contributed by atoms with E-state index in [0.717, 1.165) is 30.5 Å². The van der Waals surface area contributed by atoms with Gasteiger partial charge in [0.2, 0.25) is 0 Å². The summed E-state index contributed by atoms with van der Waals surface area (Å²) in [4.78, 5) is 11.9. The summed E-state index contributed by atoms with van der Waals surface area (Å²) in [5, 5.41) is 11.0. The van der Waals surface area contributed by atoms with Gasteiger partial charge in [-0.15, -0.1) is 5.10 Å². The van der Waals surface area contributed by atoms with Crippen LogP contribution in [0.25, 0.3) is 5.69 Å². The lowest BCUT2D eigenvalue weighted by Gasteiger charge is -2.17. The number of carbonyl (C=O) groups is 1. The van der Waals surface area contributed by atoms with Gasteiger partial charge in [0.1, 0.15) is 6.33 Å². The third-order valence-electron chi connectivity index (χ3n) is 3.76. The molecular weight excluding hydrogens is 280 g/mol. The number of ether oxygens (including phenoxy) is 1. The Labute approximate surface area is 128 Å². The first-order chi connectivity index (χ1) is 10.8. The van der Waals surface area contributed by atoms with Gasteiger partial charge in [-0.2, -0.15) is 0 Å². The van der Waals surface area contributed by atoms with E-state index in [1.165, 1.54) is 6.33 Å². The third-order valence-corrected chi connectivity index (χ3v) is 3.76. The summed E-state index contributed by atoms with van der Waals surface area (Å²) in [5.74, 6) is 0.292. The first kappa shape index (κ1) is 14.4. The Morgan fingerprint density at radius 2 is 2.14 bits per heavy atom. The van der Waals surface area contributed by atoms with Crippen LogP contribution >= 0.6 is 0 Å². The molecule has 6 nitrogen and oxygen atoms in total. The predicted molar refractivity (Wildman–Crippen MR) is 80.3 cm³/mol. The number of carbonyl (C=O) groups excluding carboxylic acids is 1. The Balaban J connectivity index is 1.50. The van der Waals surface area contributed by atoms with Crippen LogP contribution in [0.4, 0.5) is 0 Å². The molecule has 0 amide bonds. The molecule has 0 fully saturated rings. The Morgan fingerprint density at radius 1 is 1.27 bits per heavy atom. The van der Waals surface area contributed by atoms with Crippen molar-refractivity contribution in [1.82, 2.24) is 20.2 Å². The number of rotatable bonds is 5. The third kappa shape index (κ3) is 3.78. The summed E-state index contributed by atoms with van der Waals surface area (Å²) in [6.45, 7) is 0.520. The number of hydrogen-bond acceptors (Lipinski definition) is 5. The van der Waals surface area contributed by atoms with Gasteiger partial charge in [-0.1, -0.05) is 24.3 Å². The van der Waals surface area contributed by atoms with Crippen molar-refractivity contribution in [1.29, 1.82) is 0 Å². The van der Waals surface area contributed by atoms with Gasteiger partial charge >= 0.3 is 5.97 Å². The average molecular weight is 298 g/mol. The maximum absolute atomic E-state index is 11.9. The highest BCUT2D eigenvalue weighted by atomic mass is 16.5. The minimum absolute atomic E-state index is 0.176. The van der Waals surface area contributed by atoms with Crippen LogP contribution in [0.2, 0.25) is 0 Å². The van der Waals surface area contributed by atoms with Crippen molar-refractivity contribution < 1.29 is 9.53 Å². The van der Waals surface area contributed by atoms with E-state index in [1.54, 1.807) is 4.68 Å². The molecule has 0 radical (unpaired) electrons. The van der Waals surface area contributed by atoms with Crippen molar-refractivity contribution in [3.63, 3.8) is 0 Å². The molecule has 1 unspecified atom stereocenters. The monoisotopic (exact) mass is 298 g/mol. The zero-order valence-corrected chi connectivity index (χ0v) is 12.3. The molecule has 0 spiro atoms. The highest BCUT2D eigenvalue weighted by Crippen LogP contribution is 2.18. The number of esters is 1. The van der Waals surface area contributed by atoms with Gasteiger partial charge in [0.05, 0.1) is 18.7 Å². The summed E-state index contributed by atoms with van der Waals surface area (Å²) < 4.78 is 6.95. The minimum Gasteiger partial charge on any atom is -0.465 e. The molecule has 6 heteroatoms. The van der Waals surface area contributed by atoms with E-state index in [-0.39, 0.29) is 5.97 Å². The van der Waals surface area contributed by atoms with E-state index < -0.39 is 0 Å². The topological polar surface area (TPSA) is 69.9 Å². The number of aromatic nitrogens is 4. The zero-order valence-electron chi connectivity index (χ0n) is 12.3. The van der Waals surface area contributed by atoms with Gasteiger partial charge < -0.3 is 4.74 Å². The molecule has 0 saturated heterocycles. The molecule has 1 aromatic heterocycles. The van der Waals surface area contributed by atoms with E-state index in [4.69, 9.17) is 4.74 Å². The number of allylic oxidation sites excluding steroid dienone is 2. The van der Waals surface area contributed by atoms with Crippen LogP contribution in [0, 0.1) is 5.92 Å². The fourth-order valence-corrected chi connectivity index (χ4v) is 2.48. The van der Waals surface area contributed by atoms with E-state index in [2.05, 4.69) is 27.7 Å². The van der Waals surface area contributed by atoms with Crippen molar-refractivity contribution in [3.05, 3.63) is 48.3 Å². The molecule has 0 N–H and O–H groups in total. The van der Waals surface area contributed by atoms with Crippen LogP contribution < -0.4 is 0 Å². The molecule has 114 valence electrons. The Morgan fingerprint density at radius 3 is 2.82 bits per heavy atom. The highest BCUT2D eigenvalue weighted by molar-refractivity contribution is 5.72. The van der Waals surface area contributed by atoms with Gasteiger partial charge in [-0.05, 0) is 53.3 Å². The standard InChI is InChI=1S/C16H18N4O2/c21-16(22-11-14-4-2-1-3-5-14)10-13-6-8-15(9-7-13)20-12-17-18-19-20/h1-2,6-9,12,14H,3-5,10-11H2. The lowest BCUT2D eigenvalue weighted by Crippen LogP contribution is -2.16. The molecule has 1 atom stereocenters. The van der Waals surface area contributed by atoms with Crippen molar-refractivity contribution in [3.8, 4) is 5.69 Å². The molecular formula is C16H18N4O2. The Hall–Kier alpha value is -2.50. The van der Waals surface area contributed by atoms with Crippen molar-refractivity contribution in [2.75, 3.05) is 6.61 Å².